The van der Waals surface area contributed by atoms with Crippen molar-refractivity contribution in [2.45, 2.75) is 84.0 Å². The summed E-state index contributed by atoms with van der Waals surface area (Å²) in [5, 5.41) is 3.18. The van der Waals surface area contributed by atoms with Crippen molar-refractivity contribution in [1.29, 1.82) is 0 Å². The summed E-state index contributed by atoms with van der Waals surface area (Å²) in [6, 6.07) is 6.66. The summed E-state index contributed by atoms with van der Waals surface area (Å²) >= 11 is 0. The molecule has 2 aliphatic heterocycles. The quantitative estimate of drug-likeness (QED) is 0.547. The van der Waals surface area contributed by atoms with Gasteiger partial charge in [0, 0.05) is 24.9 Å². The summed E-state index contributed by atoms with van der Waals surface area (Å²) in [5.41, 5.74) is 3.05. The van der Waals surface area contributed by atoms with Gasteiger partial charge < -0.3 is 15.0 Å². The van der Waals surface area contributed by atoms with Crippen LogP contribution in [0.25, 0.3) is 0 Å². The van der Waals surface area contributed by atoms with E-state index in [1.165, 1.54) is 70.1 Å². The van der Waals surface area contributed by atoms with Gasteiger partial charge >= 0.3 is 0 Å². The highest BCUT2D eigenvalue weighted by molar-refractivity contribution is 5.75. The van der Waals surface area contributed by atoms with E-state index in [-0.39, 0.29) is 5.91 Å². The second kappa shape index (κ2) is 11.5. The number of benzene rings is 1. The minimum atomic E-state index is 0.247. The van der Waals surface area contributed by atoms with Crippen LogP contribution in [-0.4, -0.2) is 43.6 Å². The Hall–Kier alpha value is -1.55. The number of rotatable bonds is 9. The predicted octanol–water partition coefficient (Wildman–Crippen LogP) is 5.55. The number of piperidine rings is 1. The molecule has 178 valence electrons. The Labute approximate surface area is 195 Å². The second-order valence-electron chi connectivity index (χ2n) is 11.0. The first kappa shape index (κ1) is 23.6. The molecule has 1 aromatic carbocycles. The Balaban J connectivity index is 1.10. The molecule has 4 nitrogen and oxygen atoms in total. The maximum absolute atomic E-state index is 12.0. The fourth-order valence-electron chi connectivity index (χ4n) is 5.95. The Kier molecular flexibility index (Phi) is 8.51. The lowest BCUT2D eigenvalue weighted by atomic mass is 9.80. The number of carbonyl (C=O) groups is 1. The van der Waals surface area contributed by atoms with Gasteiger partial charge in [-0.2, -0.15) is 0 Å². The number of fused-ring (bicyclic) bond motifs is 1. The topological polar surface area (TPSA) is 41.6 Å². The van der Waals surface area contributed by atoms with Crippen molar-refractivity contribution in [3.63, 3.8) is 0 Å². The molecule has 4 heteroatoms. The number of hydrogen-bond acceptors (Lipinski definition) is 3. The second-order valence-corrected chi connectivity index (χ2v) is 11.0. The average Bonchev–Trinajstić information content (AvgIpc) is 3.30. The molecular weight excluding hydrogens is 396 g/mol. The first-order valence-corrected chi connectivity index (χ1v) is 13.3. The third kappa shape index (κ3) is 6.50. The Morgan fingerprint density at radius 2 is 1.84 bits per heavy atom. The van der Waals surface area contributed by atoms with Gasteiger partial charge in [0.2, 0.25) is 5.91 Å². The molecule has 0 bridgehead atoms. The monoisotopic (exact) mass is 440 g/mol. The molecule has 1 saturated carbocycles. The molecule has 32 heavy (non-hydrogen) atoms. The minimum Gasteiger partial charge on any atom is -0.493 e. The lowest BCUT2D eigenvalue weighted by Crippen LogP contribution is -2.35. The van der Waals surface area contributed by atoms with Crippen LogP contribution in [0.2, 0.25) is 0 Å². The van der Waals surface area contributed by atoms with Crippen LogP contribution < -0.4 is 10.1 Å². The van der Waals surface area contributed by atoms with Gasteiger partial charge in [-0.15, -0.1) is 0 Å². The van der Waals surface area contributed by atoms with Crippen LogP contribution in [-0.2, 0) is 11.2 Å². The molecule has 1 aliphatic carbocycles. The van der Waals surface area contributed by atoms with Crippen molar-refractivity contribution in [3.8, 4) is 5.75 Å². The highest BCUT2D eigenvalue weighted by Crippen LogP contribution is 2.37. The van der Waals surface area contributed by atoms with Gasteiger partial charge in [-0.25, -0.2) is 0 Å². The Morgan fingerprint density at radius 1 is 1.09 bits per heavy atom. The number of hydrogen-bond donors (Lipinski definition) is 1. The van der Waals surface area contributed by atoms with E-state index in [4.69, 9.17) is 4.74 Å². The molecule has 1 amide bonds. The number of amides is 1. The molecule has 0 unspecified atom stereocenters. The largest absolute Gasteiger partial charge is 0.493 e. The minimum absolute atomic E-state index is 0.247. The van der Waals surface area contributed by atoms with Crippen LogP contribution in [0.4, 0.5) is 0 Å². The van der Waals surface area contributed by atoms with Crippen molar-refractivity contribution in [2.75, 3.05) is 32.8 Å². The van der Waals surface area contributed by atoms with Gasteiger partial charge in [-0.1, -0.05) is 38.8 Å². The molecule has 0 atom stereocenters. The third-order valence-electron chi connectivity index (χ3n) is 8.16. The summed E-state index contributed by atoms with van der Waals surface area (Å²) in [4.78, 5) is 14.7. The highest BCUT2D eigenvalue weighted by atomic mass is 16.5. The van der Waals surface area contributed by atoms with Crippen LogP contribution in [0.15, 0.2) is 18.2 Å². The van der Waals surface area contributed by atoms with E-state index in [0.717, 1.165) is 37.7 Å². The van der Waals surface area contributed by atoms with Gasteiger partial charge in [-0.05, 0) is 93.5 Å². The summed E-state index contributed by atoms with van der Waals surface area (Å²) in [7, 11) is 0. The van der Waals surface area contributed by atoms with Crippen molar-refractivity contribution < 1.29 is 9.53 Å². The molecule has 2 fully saturated rings. The molecule has 1 saturated heterocycles. The normalized spacial score (nSPS) is 24.3. The molecule has 2 heterocycles. The number of likely N-dealkylation sites (tertiary alicyclic amines) is 1. The zero-order valence-electron chi connectivity index (χ0n) is 20.4. The third-order valence-corrected chi connectivity index (χ3v) is 8.16. The summed E-state index contributed by atoms with van der Waals surface area (Å²) in [6.45, 7) is 9.87. The van der Waals surface area contributed by atoms with E-state index >= 15 is 0 Å². The van der Waals surface area contributed by atoms with E-state index in [1.54, 1.807) is 5.56 Å². The summed E-state index contributed by atoms with van der Waals surface area (Å²) in [5.74, 6) is 4.29. The van der Waals surface area contributed by atoms with Crippen molar-refractivity contribution >= 4 is 5.91 Å². The van der Waals surface area contributed by atoms with Crippen molar-refractivity contribution in [1.82, 2.24) is 10.2 Å². The summed E-state index contributed by atoms with van der Waals surface area (Å²) in [6.07, 6.45) is 12.0. The number of ether oxygens (including phenoxy) is 1. The molecule has 3 aliphatic rings. The standard InChI is InChI=1S/C28H44N2O2/c1-21(2)6-11-28(31)29-20-23-9-7-22(8-10-23)12-16-30-17-13-24(14-18-30)25-4-3-5-27-26(25)15-19-32-27/h3-5,21-24H,6-20H2,1-2H3,(H,29,31). The van der Waals surface area contributed by atoms with Crippen LogP contribution in [0.3, 0.4) is 0 Å². The number of carbonyl (C=O) groups excluding carboxylic acids is 1. The fraction of sp³-hybridized carbons (Fsp3) is 0.750. The van der Waals surface area contributed by atoms with Gasteiger partial charge in [0.15, 0.2) is 0 Å². The lowest BCUT2D eigenvalue weighted by Gasteiger charge is -2.35. The number of nitrogens with zero attached hydrogens (tertiary/aromatic N) is 1. The molecular formula is C28H44N2O2. The average molecular weight is 441 g/mol. The molecule has 4 rings (SSSR count). The predicted molar refractivity (Wildman–Crippen MR) is 131 cm³/mol. The lowest BCUT2D eigenvalue weighted by molar-refractivity contribution is -0.121. The first-order valence-electron chi connectivity index (χ1n) is 13.3. The van der Waals surface area contributed by atoms with E-state index in [9.17, 15) is 4.79 Å². The Bertz CT molecular complexity index is 731. The zero-order chi connectivity index (χ0) is 22.3. The molecule has 0 aromatic heterocycles. The van der Waals surface area contributed by atoms with E-state index in [2.05, 4.69) is 42.3 Å². The van der Waals surface area contributed by atoms with E-state index in [1.807, 2.05) is 0 Å². The zero-order valence-corrected chi connectivity index (χ0v) is 20.4. The molecule has 0 spiro atoms. The SMILES string of the molecule is CC(C)CCC(=O)NCC1CCC(CCN2CCC(c3cccc4c3CCO4)CC2)CC1. The van der Waals surface area contributed by atoms with Crippen molar-refractivity contribution in [2.24, 2.45) is 17.8 Å². The maximum atomic E-state index is 12.0. The first-order chi connectivity index (χ1) is 15.6. The smallest absolute Gasteiger partial charge is 0.220 e. The van der Waals surface area contributed by atoms with Gasteiger partial charge in [0.25, 0.3) is 0 Å². The Morgan fingerprint density at radius 3 is 2.59 bits per heavy atom. The maximum Gasteiger partial charge on any atom is 0.220 e. The van der Waals surface area contributed by atoms with Crippen LogP contribution in [0, 0.1) is 17.8 Å². The molecule has 0 radical (unpaired) electrons. The summed E-state index contributed by atoms with van der Waals surface area (Å²) < 4.78 is 5.78. The van der Waals surface area contributed by atoms with Crippen LogP contribution in [0.5, 0.6) is 5.75 Å². The van der Waals surface area contributed by atoms with Gasteiger partial charge in [0.1, 0.15) is 5.75 Å². The number of nitrogens with one attached hydrogen (secondary N) is 1. The fourth-order valence-corrected chi connectivity index (χ4v) is 5.95. The van der Waals surface area contributed by atoms with Gasteiger partial charge in [0.05, 0.1) is 6.61 Å². The van der Waals surface area contributed by atoms with E-state index in [0.29, 0.717) is 24.2 Å². The molecule has 1 N–H and O–H groups in total. The van der Waals surface area contributed by atoms with E-state index < -0.39 is 0 Å². The van der Waals surface area contributed by atoms with Crippen LogP contribution in [0.1, 0.15) is 88.7 Å². The molecule has 1 aromatic rings. The van der Waals surface area contributed by atoms with Crippen LogP contribution >= 0.6 is 0 Å². The van der Waals surface area contributed by atoms with Gasteiger partial charge in [-0.3, -0.25) is 4.79 Å². The highest BCUT2D eigenvalue weighted by Gasteiger charge is 2.27. The van der Waals surface area contributed by atoms with Crippen molar-refractivity contribution in [3.05, 3.63) is 29.3 Å².